The Morgan fingerprint density at radius 1 is 1.14 bits per heavy atom. The summed E-state index contributed by atoms with van der Waals surface area (Å²) in [5.41, 5.74) is 4.10. The second-order valence-corrected chi connectivity index (χ2v) is 6.15. The van der Waals surface area contributed by atoms with E-state index >= 15 is 0 Å². The summed E-state index contributed by atoms with van der Waals surface area (Å²) in [6.07, 6.45) is 1.71. The van der Waals surface area contributed by atoms with Crippen LogP contribution in [0.25, 0.3) is 0 Å². The zero-order valence-corrected chi connectivity index (χ0v) is 13.4. The van der Waals surface area contributed by atoms with Gasteiger partial charge < -0.3 is 4.74 Å². The number of thioether (sulfide) groups is 1. The van der Waals surface area contributed by atoms with Gasteiger partial charge in [0.2, 0.25) is 0 Å². The maximum atomic E-state index is 12.5. The van der Waals surface area contributed by atoms with Crippen LogP contribution in [0, 0.1) is 0 Å². The fourth-order valence-electron chi connectivity index (χ4n) is 2.61. The molecule has 1 aliphatic carbocycles. The fourth-order valence-corrected chi connectivity index (χ4v) is 3.50. The molecule has 3 heteroatoms. The van der Waals surface area contributed by atoms with E-state index in [2.05, 4.69) is 12.1 Å². The number of hydrogen-bond acceptors (Lipinski definition) is 3. The first-order chi connectivity index (χ1) is 10.8. The second kappa shape index (κ2) is 6.84. The lowest BCUT2D eigenvalue weighted by Gasteiger charge is -2.18. The van der Waals surface area contributed by atoms with E-state index in [4.69, 9.17) is 4.74 Å². The molecule has 0 saturated carbocycles. The predicted molar refractivity (Wildman–Crippen MR) is 91.5 cm³/mol. The average Bonchev–Trinajstić information content (AvgIpc) is 2.57. The molecule has 112 valence electrons. The van der Waals surface area contributed by atoms with Gasteiger partial charge in [-0.05, 0) is 47.6 Å². The monoisotopic (exact) mass is 310 g/mol. The van der Waals surface area contributed by atoms with Crippen molar-refractivity contribution in [3.63, 3.8) is 0 Å². The summed E-state index contributed by atoms with van der Waals surface area (Å²) in [5, 5.41) is 2.03. The maximum absolute atomic E-state index is 12.5. The van der Waals surface area contributed by atoms with E-state index < -0.39 is 0 Å². The van der Waals surface area contributed by atoms with Crippen LogP contribution in [0.5, 0.6) is 5.75 Å². The Kier molecular flexibility index (Phi) is 4.64. The number of aryl methyl sites for hydroxylation is 1. The topological polar surface area (TPSA) is 26.3 Å². The van der Waals surface area contributed by atoms with Crippen LogP contribution >= 0.6 is 11.8 Å². The highest BCUT2D eigenvalue weighted by Gasteiger charge is 2.22. The SMILES string of the molecule is COc1ccc2c(c1)CC/C(=C\SCc1ccccc1)C2=O. The Hall–Kier alpha value is -2.00. The van der Waals surface area contributed by atoms with Gasteiger partial charge in [0.05, 0.1) is 7.11 Å². The third-order valence-corrected chi connectivity index (χ3v) is 4.78. The van der Waals surface area contributed by atoms with Crippen molar-refractivity contribution in [2.45, 2.75) is 18.6 Å². The number of allylic oxidation sites excluding steroid dienone is 1. The molecule has 1 aliphatic rings. The van der Waals surface area contributed by atoms with Crippen molar-refractivity contribution in [2.75, 3.05) is 7.11 Å². The van der Waals surface area contributed by atoms with E-state index in [9.17, 15) is 4.79 Å². The number of Topliss-reactive ketones (excluding diaryl/α,β-unsaturated/α-hetero) is 1. The van der Waals surface area contributed by atoms with E-state index in [0.29, 0.717) is 0 Å². The molecule has 0 amide bonds. The first-order valence-electron chi connectivity index (χ1n) is 7.34. The average molecular weight is 310 g/mol. The molecule has 0 radical (unpaired) electrons. The van der Waals surface area contributed by atoms with E-state index in [-0.39, 0.29) is 5.78 Å². The maximum Gasteiger partial charge on any atom is 0.189 e. The van der Waals surface area contributed by atoms with Crippen LogP contribution in [0.3, 0.4) is 0 Å². The molecule has 22 heavy (non-hydrogen) atoms. The van der Waals surface area contributed by atoms with Crippen LogP contribution in [0.4, 0.5) is 0 Å². The lowest BCUT2D eigenvalue weighted by molar-refractivity contribution is 0.102. The molecule has 0 spiro atoms. The van der Waals surface area contributed by atoms with Crippen molar-refractivity contribution < 1.29 is 9.53 Å². The van der Waals surface area contributed by atoms with E-state index in [1.807, 2.05) is 41.8 Å². The highest BCUT2D eigenvalue weighted by Crippen LogP contribution is 2.30. The molecule has 0 heterocycles. The summed E-state index contributed by atoms with van der Waals surface area (Å²) >= 11 is 1.69. The molecule has 0 N–H and O–H groups in total. The van der Waals surface area contributed by atoms with Gasteiger partial charge in [-0.2, -0.15) is 0 Å². The summed E-state index contributed by atoms with van der Waals surface area (Å²) in [6.45, 7) is 0. The molecule has 3 rings (SSSR count). The molecule has 0 aromatic heterocycles. The summed E-state index contributed by atoms with van der Waals surface area (Å²) < 4.78 is 5.23. The Labute approximate surface area is 135 Å². The highest BCUT2D eigenvalue weighted by molar-refractivity contribution is 8.01. The van der Waals surface area contributed by atoms with Crippen LogP contribution in [0.1, 0.15) is 27.9 Å². The van der Waals surface area contributed by atoms with Gasteiger partial charge in [0.1, 0.15) is 5.75 Å². The molecule has 0 bridgehead atoms. The van der Waals surface area contributed by atoms with Gasteiger partial charge in [0, 0.05) is 16.9 Å². The number of ketones is 1. The largest absolute Gasteiger partial charge is 0.497 e. The lowest BCUT2D eigenvalue weighted by Crippen LogP contribution is -2.14. The fraction of sp³-hybridized carbons (Fsp3) is 0.211. The lowest BCUT2D eigenvalue weighted by atomic mass is 9.87. The first kappa shape index (κ1) is 14.9. The number of carbonyl (C=O) groups excluding carboxylic acids is 1. The van der Waals surface area contributed by atoms with Crippen LogP contribution < -0.4 is 4.74 Å². The van der Waals surface area contributed by atoms with Crippen molar-refractivity contribution in [2.24, 2.45) is 0 Å². The van der Waals surface area contributed by atoms with Gasteiger partial charge in [-0.25, -0.2) is 0 Å². The number of methoxy groups -OCH3 is 1. The zero-order chi connectivity index (χ0) is 15.4. The van der Waals surface area contributed by atoms with Crippen molar-refractivity contribution in [3.8, 4) is 5.75 Å². The number of benzene rings is 2. The molecule has 0 atom stereocenters. The van der Waals surface area contributed by atoms with Crippen molar-refractivity contribution >= 4 is 17.5 Å². The predicted octanol–water partition coefficient (Wildman–Crippen LogP) is 4.64. The number of ether oxygens (including phenoxy) is 1. The number of fused-ring (bicyclic) bond motifs is 1. The van der Waals surface area contributed by atoms with Crippen LogP contribution in [0.15, 0.2) is 59.5 Å². The quantitative estimate of drug-likeness (QED) is 0.769. The number of carbonyl (C=O) groups is 1. The Balaban J connectivity index is 1.71. The Morgan fingerprint density at radius 3 is 2.73 bits per heavy atom. The van der Waals surface area contributed by atoms with E-state index in [1.54, 1.807) is 18.9 Å². The highest BCUT2D eigenvalue weighted by atomic mass is 32.2. The van der Waals surface area contributed by atoms with E-state index in [0.717, 1.165) is 41.0 Å². The second-order valence-electron chi connectivity index (χ2n) is 5.29. The van der Waals surface area contributed by atoms with E-state index in [1.165, 1.54) is 5.56 Å². The minimum Gasteiger partial charge on any atom is -0.497 e. The Bertz CT molecular complexity index is 705. The molecule has 2 nitrogen and oxygen atoms in total. The van der Waals surface area contributed by atoms with Gasteiger partial charge in [0.25, 0.3) is 0 Å². The minimum atomic E-state index is 0.157. The molecule has 0 fully saturated rings. The molecular formula is C19H18O2S. The van der Waals surface area contributed by atoms with Gasteiger partial charge >= 0.3 is 0 Å². The summed E-state index contributed by atoms with van der Waals surface area (Å²) in [6, 6.07) is 16.0. The molecule has 0 aliphatic heterocycles. The smallest absolute Gasteiger partial charge is 0.189 e. The first-order valence-corrected chi connectivity index (χ1v) is 8.39. The molecule has 2 aromatic carbocycles. The number of rotatable bonds is 4. The molecule has 0 saturated heterocycles. The third kappa shape index (κ3) is 3.25. The van der Waals surface area contributed by atoms with Crippen LogP contribution in [-0.2, 0) is 12.2 Å². The van der Waals surface area contributed by atoms with Gasteiger partial charge in [0.15, 0.2) is 5.78 Å². The number of hydrogen-bond donors (Lipinski definition) is 0. The molecule has 0 unspecified atom stereocenters. The van der Waals surface area contributed by atoms with Crippen molar-refractivity contribution in [3.05, 3.63) is 76.2 Å². The van der Waals surface area contributed by atoms with Crippen molar-refractivity contribution in [1.82, 2.24) is 0 Å². The molecule has 2 aromatic rings. The summed E-state index contributed by atoms with van der Waals surface area (Å²) in [4.78, 5) is 12.5. The van der Waals surface area contributed by atoms with Gasteiger partial charge in [-0.1, -0.05) is 30.3 Å². The van der Waals surface area contributed by atoms with Gasteiger partial charge in [-0.15, -0.1) is 11.8 Å². The summed E-state index contributed by atoms with van der Waals surface area (Å²) in [5.74, 6) is 1.87. The molecular weight excluding hydrogens is 292 g/mol. The standard InChI is InChI=1S/C19H18O2S/c1-21-17-9-10-18-15(11-17)7-8-16(19(18)20)13-22-12-14-5-3-2-4-6-14/h2-6,9-11,13H,7-8,12H2,1H3/b16-13+. The normalized spacial score (nSPS) is 15.7. The van der Waals surface area contributed by atoms with Gasteiger partial charge in [-0.3, -0.25) is 4.79 Å². The van der Waals surface area contributed by atoms with Crippen LogP contribution in [-0.4, -0.2) is 12.9 Å². The third-order valence-electron chi connectivity index (χ3n) is 3.83. The van der Waals surface area contributed by atoms with Crippen LogP contribution in [0.2, 0.25) is 0 Å². The minimum absolute atomic E-state index is 0.157. The van der Waals surface area contributed by atoms with Crippen molar-refractivity contribution in [1.29, 1.82) is 0 Å². The summed E-state index contributed by atoms with van der Waals surface area (Å²) in [7, 11) is 1.65. The Morgan fingerprint density at radius 2 is 1.95 bits per heavy atom. The zero-order valence-electron chi connectivity index (χ0n) is 12.5.